The monoisotopic (exact) mass is 389 g/mol. The molecule has 0 heterocycles. The topological polar surface area (TPSA) is 0 Å². The molecule has 0 fully saturated rings. The summed E-state index contributed by atoms with van der Waals surface area (Å²) in [5.74, 6) is 0. The molecule has 0 bridgehead atoms. The van der Waals surface area contributed by atoms with E-state index in [-0.39, 0.29) is 10.9 Å². The SMILES string of the molecule is CCCc1ccc([S+](c2ccc(CCC)cc2)c2ccc(CCC)cc2)cc1. The van der Waals surface area contributed by atoms with Gasteiger partial charge in [-0.05, 0) is 72.4 Å². The van der Waals surface area contributed by atoms with Gasteiger partial charge in [0.1, 0.15) is 0 Å². The van der Waals surface area contributed by atoms with Crippen molar-refractivity contribution >= 4 is 10.9 Å². The third-order valence-electron chi connectivity index (χ3n) is 5.09. The summed E-state index contributed by atoms with van der Waals surface area (Å²) in [7, 11) is -0.0512. The maximum absolute atomic E-state index is 2.34. The normalized spacial score (nSPS) is 11.1. The van der Waals surface area contributed by atoms with Gasteiger partial charge in [-0.2, -0.15) is 0 Å². The molecule has 3 aromatic carbocycles. The third kappa shape index (κ3) is 5.29. The molecule has 0 aliphatic rings. The van der Waals surface area contributed by atoms with Crippen molar-refractivity contribution < 1.29 is 0 Å². The van der Waals surface area contributed by atoms with Crippen LogP contribution in [0.5, 0.6) is 0 Å². The van der Waals surface area contributed by atoms with E-state index in [2.05, 4.69) is 93.6 Å². The molecule has 0 unspecified atom stereocenters. The maximum Gasteiger partial charge on any atom is 0.166 e. The highest BCUT2D eigenvalue weighted by Crippen LogP contribution is 2.32. The van der Waals surface area contributed by atoms with Crippen LogP contribution in [0.25, 0.3) is 0 Å². The second-order valence-electron chi connectivity index (χ2n) is 7.49. The van der Waals surface area contributed by atoms with Crippen LogP contribution in [0.1, 0.15) is 56.7 Å². The van der Waals surface area contributed by atoms with Crippen molar-refractivity contribution in [2.75, 3.05) is 0 Å². The van der Waals surface area contributed by atoms with Crippen LogP contribution in [0.2, 0.25) is 0 Å². The predicted molar refractivity (Wildman–Crippen MR) is 123 cm³/mol. The predicted octanol–water partition coefficient (Wildman–Crippen LogP) is 7.64. The molecule has 3 aromatic rings. The van der Waals surface area contributed by atoms with Crippen LogP contribution >= 0.6 is 0 Å². The van der Waals surface area contributed by atoms with Crippen molar-refractivity contribution in [3.63, 3.8) is 0 Å². The number of rotatable bonds is 9. The van der Waals surface area contributed by atoms with E-state index in [0.29, 0.717) is 0 Å². The summed E-state index contributed by atoms with van der Waals surface area (Å²) in [6.07, 6.45) is 7.07. The van der Waals surface area contributed by atoms with Gasteiger partial charge in [0.2, 0.25) is 0 Å². The molecule has 0 amide bonds. The summed E-state index contributed by atoms with van der Waals surface area (Å²) in [4.78, 5) is 4.23. The average Bonchev–Trinajstić information content (AvgIpc) is 2.73. The van der Waals surface area contributed by atoms with Crippen molar-refractivity contribution in [1.29, 1.82) is 0 Å². The van der Waals surface area contributed by atoms with E-state index in [1.165, 1.54) is 50.6 Å². The Bertz CT molecular complexity index is 711. The lowest BCUT2D eigenvalue weighted by Gasteiger charge is -2.10. The molecule has 0 nitrogen and oxygen atoms in total. The van der Waals surface area contributed by atoms with Crippen molar-refractivity contribution in [1.82, 2.24) is 0 Å². The van der Waals surface area contributed by atoms with E-state index in [1.54, 1.807) is 0 Å². The Labute approximate surface area is 174 Å². The highest BCUT2D eigenvalue weighted by atomic mass is 32.2. The largest absolute Gasteiger partial charge is 0.166 e. The Balaban J connectivity index is 1.97. The molecule has 0 atom stereocenters. The molecule has 3 rings (SSSR count). The van der Waals surface area contributed by atoms with Gasteiger partial charge in [0.15, 0.2) is 14.7 Å². The first kappa shape index (κ1) is 20.7. The number of aryl methyl sites for hydroxylation is 3. The molecule has 1 heteroatoms. The van der Waals surface area contributed by atoms with Crippen molar-refractivity contribution in [3.8, 4) is 0 Å². The number of benzene rings is 3. The Morgan fingerprint density at radius 1 is 0.429 bits per heavy atom. The van der Waals surface area contributed by atoms with Gasteiger partial charge >= 0.3 is 0 Å². The minimum atomic E-state index is -0.0512. The number of hydrogen-bond acceptors (Lipinski definition) is 0. The van der Waals surface area contributed by atoms with Crippen LogP contribution < -0.4 is 0 Å². The summed E-state index contributed by atoms with van der Waals surface area (Å²) in [6.45, 7) is 6.73. The molecule has 0 saturated heterocycles. The van der Waals surface area contributed by atoms with Crippen molar-refractivity contribution in [2.24, 2.45) is 0 Å². The first-order valence-corrected chi connectivity index (χ1v) is 12.0. The zero-order chi connectivity index (χ0) is 19.8. The molecule has 146 valence electrons. The fraction of sp³-hybridized carbons (Fsp3) is 0.333. The molecule has 28 heavy (non-hydrogen) atoms. The van der Waals surface area contributed by atoms with Crippen LogP contribution in [0.15, 0.2) is 87.5 Å². The van der Waals surface area contributed by atoms with Crippen LogP contribution in [0.3, 0.4) is 0 Å². The molecular formula is C27H33S+. The minimum Gasteiger partial charge on any atom is -0.0651 e. The zero-order valence-corrected chi connectivity index (χ0v) is 18.4. The van der Waals surface area contributed by atoms with Gasteiger partial charge < -0.3 is 0 Å². The van der Waals surface area contributed by atoms with E-state index in [9.17, 15) is 0 Å². The standard InChI is InChI=1S/C27H33S/c1-4-7-22-10-16-25(17-11-22)28(26-18-12-23(8-5-2)13-19-26)27-20-14-24(9-6-3)15-21-27/h10-21H,4-9H2,1-3H3/q+1. The first-order valence-electron chi connectivity index (χ1n) is 10.8. The molecule has 0 N–H and O–H groups in total. The third-order valence-corrected chi connectivity index (χ3v) is 7.32. The van der Waals surface area contributed by atoms with Crippen LogP contribution in [-0.4, -0.2) is 0 Å². The van der Waals surface area contributed by atoms with Crippen molar-refractivity contribution in [3.05, 3.63) is 89.5 Å². The fourth-order valence-corrected chi connectivity index (χ4v) is 5.69. The van der Waals surface area contributed by atoms with E-state index < -0.39 is 0 Å². The first-order chi connectivity index (χ1) is 13.7. The number of hydrogen-bond donors (Lipinski definition) is 0. The highest BCUT2D eigenvalue weighted by molar-refractivity contribution is 7.97. The van der Waals surface area contributed by atoms with Gasteiger partial charge in [0.25, 0.3) is 0 Å². The summed E-state index contributed by atoms with van der Waals surface area (Å²) >= 11 is 0. The Morgan fingerprint density at radius 2 is 0.679 bits per heavy atom. The van der Waals surface area contributed by atoms with Gasteiger partial charge in [-0.25, -0.2) is 0 Å². The highest BCUT2D eigenvalue weighted by Gasteiger charge is 2.28. The van der Waals surface area contributed by atoms with Gasteiger partial charge in [0.05, 0.1) is 10.9 Å². The Morgan fingerprint density at radius 3 is 0.893 bits per heavy atom. The van der Waals surface area contributed by atoms with Crippen LogP contribution in [0.4, 0.5) is 0 Å². The molecule has 0 aliphatic heterocycles. The van der Waals surface area contributed by atoms with Crippen LogP contribution in [-0.2, 0) is 30.2 Å². The molecular weight excluding hydrogens is 356 g/mol. The van der Waals surface area contributed by atoms with E-state index in [1.807, 2.05) is 0 Å². The fourth-order valence-electron chi connectivity index (χ4n) is 3.65. The van der Waals surface area contributed by atoms with E-state index in [4.69, 9.17) is 0 Å². The summed E-state index contributed by atoms with van der Waals surface area (Å²) in [6, 6.07) is 27.9. The van der Waals surface area contributed by atoms with Gasteiger partial charge in [-0.15, -0.1) is 0 Å². The second kappa shape index (κ2) is 10.5. The Kier molecular flexibility index (Phi) is 7.80. The molecule has 0 aromatic heterocycles. The molecule has 0 radical (unpaired) electrons. The molecule has 0 spiro atoms. The average molecular weight is 390 g/mol. The zero-order valence-electron chi connectivity index (χ0n) is 17.6. The summed E-state index contributed by atoms with van der Waals surface area (Å²) < 4.78 is 0. The van der Waals surface area contributed by atoms with E-state index in [0.717, 1.165) is 19.3 Å². The summed E-state index contributed by atoms with van der Waals surface area (Å²) in [5, 5.41) is 0. The smallest absolute Gasteiger partial charge is 0.0651 e. The Hall–Kier alpha value is -1.99. The lowest BCUT2D eigenvalue weighted by Crippen LogP contribution is -2.05. The van der Waals surface area contributed by atoms with Crippen molar-refractivity contribution in [2.45, 2.75) is 74.0 Å². The lowest BCUT2D eigenvalue weighted by molar-refractivity contribution is 0.918. The lowest BCUT2D eigenvalue weighted by atomic mass is 10.1. The second-order valence-corrected chi connectivity index (χ2v) is 9.51. The quantitative estimate of drug-likeness (QED) is 0.330. The minimum absolute atomic E-state index is 0.0512. The molecule has 0 saturated carbocycles. The maximum atomic E-state index is 2.34. The van der Waals surface area contributed by atoms with Gasteiger partial charge in [-0.3, -0.25) is 0 Å². The molecule has 0 aliphatic carbocycles. The van der Waals surface area contributed by atoms with E-state index >= 15 is 0 Å². The van der Waals surface area contributed by atoms with Crippen LogP contribution in [0, 0.1) is 0 Å². The van der Waals surface area contributed by atoms with Gasteiger partial charge in [-0.1, -0.05) is 76.4 Å². The van der Waals surface area contributed by atoms with Gasteiger partial charge in [0, 0.05) is 0 Å². The summed E-state index contributed by atoms with van der Waals surface area (Å²) in [5.41, 5.74) is 4.31.